The number of hydrogen-bond acceptors (Lipinski definition) is 4. The molecule has 0 bridgehead atoms. The van der Waals surface area contributed by atoms with Crippen molar-refractivity contribution in [2.45, 2.75) is 32.1 Å². The Morgan fingerprint density at radius 3 is 2.74 bits per heavy atom. The molecule has 148 valence electrons. The van der Waals surface area contributed by atoms with E-state index in [9.17, 15) is 13.0 Å². The Morgan fingerprint density at radius 1 is 1.37 bits per heavy atom. The average molecular weight is 417 g/mol. The Hall–Kier alpha value is -1.42. The van der Waals surface area contributed by atoms with E-state index in [1.165, 1.54) is 0 Å². The molecule has 1 aromatic heterocycles. The quantitative estimate of drug-likeness (QED) is 0.661. The number of aromatic nitrogens is 1. The summed E-state index contributed by atoms with van der Waals surface area (Å²) in [5.74, 6) is -2.61. The van der Waals surface area contributed by atoms with Gasteiger partial charge in [-0.1, -0.05) is 0 Å². The van der Waals surface area contributed by atoms with Crippen molar-refractivity contribution in [2.75, 3.05) is 13.2 Å². The fourth-order valence-electron chi connectivity index (χ4n) is 3.31. The largest absolute Gasteiger partial charge is 0.493 e. The number of ether oxygens (including phenoxy) is 1. The Balaban J connectivity index is 1.61. The minimum Gasteiger partial charge on any atom is -0.493 e. The Kier molecular flexibility index (Phi) is 6.56. The number of nitrogens with zero attached hydrogens (tertiary/aromatic N) is 1. The highest BCUT2D eigenvalue weighted by Crippen LogP contribution is 2.40. The zero-order valence-electron chi connectivity index (χ0n) is 14.9. The van der Waals surface area contributed by atoms with E-state index in [-0.39, 0.29) is 37.8 Å². The monoisotopic (exact) mass is 416 g/mol. The van der Waals surface area contributed by atoms with Crippen LogP contribution in [0.4, 0.5) is 8.78 Å². The number of aryl methyl sites for hydroxylation is 1. The van der Waals surface area contributed by atoms with Crippen LogP contribution in [0, 0.1) is 18.8 Å². The summed E-state index contributed by atoms with van der Waals surface area (Å²) in [6.45, 7) is 2.36. The van der Waals surface area contributed by atoms with Gasteiger partial charge >= 0.3 is 0 Å². The van der Waals surface area contributed by atoms with E-state index in [0.717, 1.165) is 15.4 Å². The molecule has 2 aromatic rings. The third-order valence-corrected chi connectivity index (χ3v) is 6.14. The molecule has 27 heavy (non-hydrogen) atoms. The van der Waals surface area contributed by atoms with Crippen molar-refractivity contribution in [3.63, 3.8) is 0 Å². The first-order valence-corrected chi connectivity index (χ1v) is 10.6. The van der Waals surface area contributed by atoms with Crippen molar-refractivity contribution in [1.82, 2.24) is 9.71 Å². The molecule has 0 spiro atoms. The molecule has 1 fully saturated rings. The third kappa shape index (κ3) is 5.78. The SMILES string of the molecule is Cc1cnc(-c2ccc(OC[C@@H]3CC(F)(F)CC[C@@H]3CNS(=O)O)cc2)s1. The van der Waals surface area contributed by atoms with Gasteiger partial charge in [0.15, 0.2) is 0 Å². The summed E-state index contributed by atoms with van der Waals surface area (Å²) in [5.41, 5.74) is 0.983. The van der Waals surface area contributed by atoms with Crippen molar-refractivity contribution in [3.8, 4) is 16.3 Å². The molecule has 5 nitrogen and oxygen atoms in total. The van der Waals surface area contributed by atoms with E-state index < -0.39 is 17.2 Å². The van der Waals surface area contributed by atoms with Crippen LogP contribution in [0.5, 0.6) is 5.75 Å². The normalized spacial score (nSPS) is 23.1. The number of rotatable bonds is 7. The standard InChI is InChI=1S/C18H22F2N2O3S2/c1-12-9-21-17(26-12)13-2-4-16(5-3-13)25-11-15-8-18(19,20)7-6-14(15)10-22-27(23)24/h2-5,9,14-15,22H,6-8,10-11H2,1H3,(H,23,24)/t14-,15+/m1/s1. The highest BCUT2D eigenvalue weighted by molar-refractivity contribution is 7.77. The molecule has 0 saturated heterocycles. The van der Waals surface area contributed by atoms with Crippen LogP contribution >= 0.6 is 11.3 Å². The first-order valence-electron chi connectivity index (χ1n) is 8.70. The lowest BCUT2D eigenvalue weighted by atomic mass is 9.78. The summed E-state index contributed by atoms with van der Waals surface area (Å²) < 4.78 is 55.5. The predicted molar refractivity (Wildman–Crippen MR) is 102 cm³/mol. The number of benzene rings is 1. The summed E-state index contributed by atoms with van der Waals surface area (Å²) in [6.07, 6.45) is 1.65. The van der Waals surface area contributed by atoms with Gasteiger partial charge in [-0.25, -0.2) is 22.7 Å². The fraction of sp³-hybridized carbons (Fsp3) is 0.500. The molecule has 3 atom stereocenters. The minimum absolute atomic E-state index is 0.127. The maximum absolute atomic E-state index is 13.8. The minimum atomic E-state index is -2.71. The smallest absolute Gasteiger partial charge is 0.248 e. The van der Waals surface area contributed by atoms with Gasteiger partial charge in [0, 0.05) is 41.9 Å². The molecule has 0 amide bonds. The van der Waals surface area contributed by atoms with Gasteiger partial charge in [0.05, 0.1) is 6.61 Å². The van der Waals surface area contributed by atoms with Crippen LogP contribution in [0.15, 0.2) is 30.5 Å². The zero-order chi connectivity index (χ0) is 19.4. The van der Waals surface area contributed by atoms with Crippen LogP contribution in [0.1, 0.15) is 24.1 Å². The number of halogens is 2. The number of thiazole rings is 1. The molecule has 3 rings (SSSR count). The number of alkyl halides is 2. The Bertz CT molecular complexity index is 783. The van der Waals surface area contributed by atoms with Crippen molar-refractivity contribution in [1.29, 1.82) is 0 Å². The molecule has 1 aliphatic carbocycles. The van der Waals surface area contributed by atoms with E-state index in [4.69, 9.17) is 9.29 Å². The van der Waals surface area contributed by atoms with Crippen LogP contribution in [0.3, 0.4) is 0 Å². The highest BCUT2D eigenvalue weighted by Gasteiger charge is 2.41. The topological polar surface area (TPSA) is 71.5 Å². The lowest BCUT2D eigenvalue weighted by Gasteiger charge is -2.35. The van der Waals surface area contributed by atoms with E-state index in [0.29, 0.717) is 12.2 Å². The second-order valence-electron chi connectivity index (χ2n) is 6.83. The predicted octanol–water partition coefficient (Wildman–Crippen LogP) is 4.28. The first-order chi connectivity index (χ1) is 12.8. The number of hydrogen-bond donors (Lipinski definition) is 2. The van der Waals surface area contributed by atoms with Gasteiger partial charge < -0.3 is 4.74 Å². The summed E-state index contributed by atoms with van der Waals surface area (Å²) in [4.78, 5) is 5.47. The average Bonchev–Trinajstić information content (AvgIpc) is 3.05. The highest BCUT2D eigenvalue weighted by atomic mass is 32.2. The molecule has 2 N–H and O–H groups in total. The van der Waals surface area contributed by atoms with Crippen LogP contribution < -0.4 is 9.46 Å². The lowest BCUT2D eigenvalue weighted by Crippen LogP contribution is -2.40. The Morgan fingerprint density at radius 2 is 2.11 bits per heavy atom. The van der Waals surface area contributed by atoms with E-state index in [1.807, 2.05) is 37.4 Å². The molecule has 0 aliphatic heterocycles. The molecule has 1 heterocycles. The van der Waals surface area contributed by atoms with Gasteiger partial charge in [0.1, 0.15) is 10.8 Å². The molecule has 1 aliphatic rings. The first kappa shape index (κ1) is 20.3. The molecule has 1 saturated carbocycles. The van der Waals surface area contributed by atoms with E-state index >= 15 is 0 Å². The summed E-state index contributed by atoms with van der Waals surface area (Å²) in [7, 11) is 0. The molecular weight excluding hydrogens is 394 g/mol. The summed E-state index contributed by atoms with van der Waals surface area (Å²) >= 11 is -0.541. The van der Waals surface area contributed by atoms with Crippen molar-refractivity contribution in [2.24, 2.45) is 11.8 Å². The van der Waals surface area contributed by atoms with E-state index in [1.54, 1.807) is 11.3 Å². The van der Waals surface area contributed by atoms with E-state index in [2.05, 4.69) is 9.71 Å². The zero-order valence-corrected chi connectivity index (χ0v) is 16.5. The van der Waals surface area contributed by atoms with Crippen LogP contribution in [0.2, 0.25) is 0 Å². The van der Waals surface area contributed by atoms with Gasteiger partial charge in [-0.15, -0.1) is 11.3 Å². The van der Waals surface area contributed by atoms with Gasteiger partial charge in [-0.05, 0) is 43.5 Å². The maximum Gasteiger partial charge on any atom is 0.248 e. The fourth-order valence-corrected chi connectivity index (χ4v) is 4.44. The van der Waals surface area contributed by atoms with Crippen LogP contribution in [-0.4, -0.2) is 32.8 Å². The maximum atomic E-state index is 13.8. The molecule has 0 radical (unpaired) electrons. The van der Waals surface area contributed by atoms with Gasteiger partial charge in [-0.2, -0.15) is 0 Å². The van der Waals surface area contributed by atoms with Gasteiger partial charge in [0.2, 0.25) is 17.2 Å². The van der Waals surface area contributed by atoms with Crippen molar-refractivity contribution >= 4 is 22.6 Å². The molecule has 9 heteroatoms. The van der Waals surface area contributed by atoms with Crippen molar-refractivity contribution in [3.05, 3.63) is 35.3 Å². The molecule has 1 unspecified atom stereocenters. The Labute approximate surface area is 163 Å². The molecular formula is C18H22F2N2O3S2. The van der Waals surface area contributed by atoms with Crippen molar-refractivity contribution < 1.29 is 22.3 Å². The van der Waals surface area contributed by atoms with Crippen LogP contribution in [0.25, 0.3) is 10.6 Å². The van der Waals surface area contributed by atoms with Crippen LogP contribution in [-0.2, 0) is 11.3 Å². The summed E-state index contributed by atoms with van der Waals surface area (Å²) in [6, 6.07) is 7.42. The second kappa shape index (κ2) is 8.72. The second-order valence-corrected chi connectivity index (χ2v) is 8.85. The van der Waals surface area contributed by atoms with Gasteiger partial charge in [-0.3, -0.25) is 4.55 Å². The number of nitrogens with one attached hydrogen (secondary N) is 1. The van der Waals surface area contributed by atoms with Gasteiger partial charge in [0.25, 0.3) is 0 Å². The lowest BCUT2D eigenvalue weighted by molar-refractivity contribution is -0.0757. The summed E-state index contributed by atoms with van der Waals surface area (Å²) in [5, 5.41) is 0.925. The molecule has 1 aromatic carbocycles. The third-order valence-electron chi connectivity index (χ3n) is 4.76.